The number of hydrogen-bond acceptors (Lipinski definition) is 4. The summed E-state index contributed by atoms with van der Waals surface area (Å²) in [6.07, 6.45) is 1.57. The summed E-state index contributed by atoms with van der Waals surface area (Å²) in [4.78, 5) is 8.11. The molecule has 0 spiro atoms. The highest BCUT2D eigenvalue weighted by Crippen LogP contribution is 2.27. The van der Waals surface area contributed by atoms with Gasteiger partial charge in [0.2, 0.25) is 5.95 Å². The quantitative estimate of drug-likeness (QED) is 0.903. The maximum Gasteiger partial charge on any atom is 0.224 e. The van der Waals surface area contributed by atoms with Crippen LogP contribution in [0.4, 0.5) is 26.2 Å². The number of nitrogens with one attached hydrogen (secondary N) is 2. The first-order valence-corrected chi connectivity index (χ1v) is 6.23. The molecule has 1 aromatic heterocycles. The molecule has 0 radical (unpaired) electrons. The van der Waals surface area contributed by atoms with Crippen molar-refractivity contribution in [3.63, 3.8) is 0 Å². The largest absolute Gasteiger partial charge is 0.357 e. The van der Waals surface area contributed by atoms with Crippen LogP contribution in [0.1, 0.15) is 5.56 Å². The number of halogens is 3. The molecule has 0 bridgehead atoms. The number of aryl methyl sites for hydroxylation is 1. The fourth-order valence-electron chi connectivity index (χ4n) is 1.47. The van der Waals surface area contributed by atoms with Crippen LogP contribution in [-0.2, 0) is 0 Å². The highest BCUT2D eigenvalue weighted by atomic mass is 79.9. The average Bonchev–Trinajstić information content (AvgIpc) is 2.35. The van der Waals surface area contributed by atoms with Gasteiger partial charge in [0.05, 0.1) is 0 Å². The smallest absolute Gasteiger partial charge is 0.224 e. The fraction of sp³-hybridized carbons (Fsp3) is 0.167. The van der Waals surface area contributed by atoms with Gasteiger partial charge in [-0.2, -0.15) is 4.98 Å². The first-order chi connectivity index (χ1) is 9.01. The van der Waals surface area contributed by atoms with Crippen molar-refractivity contribution in [1.82, 2.24) is 9.97 Å². The Kier molecular flexibility index (Phi) is 3.94. The molecule has 1 aromatic carbocycles. The fourth-order valence-corrected chi connectivity index (χ4v) is 1.87. The molecule has 2 aromatic rings. The van der Waals surface area contributed by atoms with Crippen LogP contribution in [-0.4, -0.2) is 17.0 Å². The van der Waals surface area contributed by atoms with Gasteiger partial charge in [0, 0.05) is 23.3 Å². The Morgan fingerprint density at radius 2 is 1.84 bits per heavy atom. The van der Waals surface area contributed by atoms with Crippen LogP contribution in [0.2, 0.25) is 0 Å². The minimum Gasteiger partial charge on any atom is -0.357 e. The highest BCUT2D eigenvalue weighted by molar-refractivity contribution is 9.10. The summed E-state index contributed by atoms with van der Waals surface area (Å²) in [7, 11) is 1.66. The van der Waals surface area contributed by atoms with E-state index in [-0.39, 0.29) is 5.69 Å². The third kappa shape index (κ3) is 2.98. The SMILES string of the molecule is CNc1ncc(C)c(Nc2c(F)cc(Br)cc2F)n1. The van der Waals surface area contributed by atoms with Gasteiger partial charge < -0.3 is 10.6 Å². The predicted octanol–water partition coefficient (Wildman–Crippen LogP) is 3.61. The number of hydrogen-bond donors (Lipinski definition) is 2. The van der Waals surface area contributed by atoms with E-state index >= 15 is 0 Å². The third-order valence-corrected chi connectivity index (χ3v) is 2.90. The average molecular weight is 329 g/mol. The minimum atomic E-state index is -0.698. The van der Waals surface area contributed by atoms with Crippen LogP contribution in [0.5, 0.6) is 0 Å². The number of rotatable bonds is 3. The van der Waals surface area contributed by atoms with Crippen molar-refractivity contribution in [2.24, 2.45) is 0 Å². The van der Waals surface area contributed by atoms with E-state index in [2.05, 4.69) is 36.5 Å². The van der Waals surface area contributed by atoms with Gasteiger partial charge in [0.25, 0.3) is 0 Å². The normalized spacial score (nSPS) is 10.4. The Bertz CT molecular complexity index is 596. The van der Waals surface area contributed by atoms with Crippen LogP contribution in [0.25, 0.3) is 0 Å². The summed E-state index contributed by atoms with van der Waals surface area (Å²) in [6, 6.07) is 2.36. The zero-order valence-electron chi connectivity index (χ0n) is 10.3. The van der Waals surface area contributed by atoms with Crippen molar-refractivity contribution in [2.75, 3.05) is 17.7 Å². The van der Waals surface area contributed by atoms with Crippen LogP contribution in [0, 0.1) is 18.6 Å². The van der Waals surface area contributed by atoms with Crippen LogP contribution >= 0.6 is 15.9 Å². The molecule has 0 saturated carbocycles. The molecule has 0 aliphatic heterocycles. The first-order valence-electron chi connectivity index (χ1n) is 5.44. The molecule has 0 unspecified atom stereocenters. The van der Waals surface area contributed by atoms with Crippen LogP contribution in [0.3, 0.4) is 0 Å². The van der Waals surface area contributed by atoms with Gasteiger partial charge in [0.1, 0.15) is 11.5 Å². The van der Waals surface area contributed by atoms with Crippen molar-refractivity contribution in [1.29, 1.82) is 0 Å². The summed E-state index contributed by atoms with van der Waals surface area (Å²) in [6.45, 7) is 1.75. The van der Waals surface area contributed by atoms with E-state index in [1.807, 2.05) is 0 Å². The molecule has 1 heterocycles. The van der Waals surface area contributed by atoms with E-state index in [1.54, 1.807) is 20.2 Å². The number of nitrogens with zero attached hydrogens (tertiary/aromatic N) is 2. The van der Waals surface area contributed by atoms with Crippen molar-refractivity contribution < 1.29 is 8.78 Å². The van der Waals surface area contributed by atoms with Crippen molar-refractivity contribution in [3.8, 4) is 0 Å². The lowest BCUT2D eigenvalue weighted by Gasteiger charge is -2.11. The second-order valence-corrected chi connectivity index (χ2v) is 4.76. The molecular weight excluding hydrogens is 318 g/mol. The van der Waals surface area contributed by atoms with E-state index in [4.69, 9.17) is 0 Å². The highest BCUT2D eigenvalue weighted by Gasteiger charge is 2.13. The van der Waals surface area contributed by atoms with Crippen LogP contribution in [0.15, 0.2) is 22.8 Å². The van der Waals surface area contributed by atoms with Gasteiger partial charge in [-0.3, -0.25) is 0 Å². The Morgan fingerprint density at radius 3 is 2.42 bits per heavy atom. The summed E-state index contributed by atoms with van der Waals surface area (Å²) < 4.78 is 27.8. The third-order valence-electron chi connectivity index (χ3n) is 2.45. The molecule has 7 heteroatoms. The monoisotopic (exact) mass is 328 g/mol. The molecular formula is C12H11BrF2N4. The molecule has 2 rings (SSSR count). The molecule has 19 heavy (non-hydrogen) atoms. The van der Waals surface area contributed by atoms with Gasteiger partial charge in [-0.25, -0.2) is 13.8 Å². The summed E-state index contributed by atoms with van der Waals surface area (Å²) in [5.74, 6) is -0.683. The van der Waals surface area contributed by atoms with Gasteiger partial charge in [0.15, 0.2) is 11.6 Å². The molecule has 0 amide bonds. The summed E-state index contributed by atoms with van der Waals surface area (Å²) in [5.41, 5.74) is 0.438. The number of aromatic nitrogens is 2. The maximum atomic E-state index is 13.7. The standard InChI is InChI=1S/C12H11BrF2N4/c1-6-5-17-12(16-2)19-11(6)18-10-8(14)3-7(13)4-9(10)15/h3-5H,1-2H3,(H2,16,17,18,19). The number of benzene rings is 1. The van der Waals surface area contributed by atoms with Crippen LogP contribution < -0.4 is 10.6 Å². The van der Waals surface area contributed by atoms with Crippen molar-refractivity contribution >= 4 is 33.4 Å². The maximum absolute atomic E-state index is 13.7. The molecule has 0 saturated heterocycles. The Morgan fingerprint density at radius 1 is 1.21 bits per heavy atom. The lowest BCUT2D eigenvalue weighted by molar-refractivity contribution is 0.589. The lowest BCUT2D eigenvalue weighted by atomic mass is 10.2. The molecule has 4 nitrogen and oxygen atoms in total. The van der Waals surface area contributed by atoms with Gasteiger partial charge in [-0.1, -0.05) is 15.9 Å². The lowest BCUT2D eigenvalue weighted by Crippen LogP contribution is -2.05. The second-order valence-electron chi connectivity index (χ2n) is 3.84. The van der Waals surface area contributed by atoms with Gasteiger partial charge in [-0.15, -0.1) is 0 Å². The summed E-state index contributed by atoms with van der Waals surface area (Å²) in [5, 5.41) is 5.41. The van der Waals surface area contributed by atoms with Crippen molar-refractivity contribution in [3.05, 3.63) is 40.0 Å². The summed E-state index contributed by atoms with van der Waals surface area (Å²) >= 11 is 3.03. The van der Waals surface area contributed by atoms with Gasteiger partial charge in [-0.05, 0) is 19.1 Å². The molecule has 2 N–H and O–H groups in total. The van der Waals surface area contributed by atoms with Crippen molar-refractivity contribution in [2.45, 2.75) is 6.92 Å². The van der Waals surface area contributed by atoms with Gasteiger partial charge >= 0.3 is 0 Å². The van der Waals surface area contributed by atoms with E-state index in [0.717, 1.165) is 0 Å². The molecule has 0 aliphatic carbocycles. The second kappa shape index (κ2) is 5.48. The zero-order chi connectivity index (χ0) is 14.0. The molecule has 100 valence electrons. The van der Waals surface area contributed by atoms with E-state index in [9.17, 15) is 8.78 Å². The molecule has 0 fully saturated rings. The Balaban J connectivity index is 2.41. The number of anilines is 3. The zero-order valence-corrected chi connectivity index (χ0v) is 11.8. The molecule has 0 aliphatic rings. The first kappa shape index (κ1) is 13.7. The topological polar surface area (TPSA) is 49.8 Å². The Hall–Kier alpha value is -1.76. The predicted molar refractivity (Wildman–Crippen MR) is 73.7 cm³/mol. The van der Waals surface area contributed by atoms with E-state index in [0.29, 0.717) is 21.8 Å². The Labute approximate surface area is 117 Å². The minimum absolute atomic E-state index is 0.243. The molecule has 0 atom stereocenters. The van der Waals surface area contributed by atoms with E-state index < -0.39 is 11.6 Å². The van der Waals surface area contributed by atoms with E-state index in [1.165, 1.54) is 12.1 Å².